The van der Waals surface area contributed by atoms with Gasteiger partial charge in [-0.05, 0) is 35.7 Å². The van der Waals surface area contributed by atoms with Crippen molar-refractivity contribution in [2.24, 2.45) is 0 Å². The fourth-order valence-electron chi connectivity index (χ4n) is 3.80. The van der Waals surface area contributed by atoms with Crippen LogP contribution in [0.25, 0.3) is 0 Å². The maximum Gasteiger partial charge on any atom is 0.243 e. The Kier molecular flexibility index (Phi) is 5.14. The van der Waals surface area contributed by atoms with Gasteiger partial charge in [-0.1, -0.05) is 24.3 Å². The number of carbonyl (C=O) groups is 2. The van der Waals surface area contributed by atoms with Gasteiger partial charge < -0.3 is 4.74 Å². The Morgan fingerprint density at radius 1 is 1.10 bits per heavy atom. The average molecular weight is 414 g/mol. The zero-order chi connectivity index (χ0) is 20.6. The minimum absolute atomic E-state index is 0.214. The zero-order valence-electron chi connectivity index (χ0n) is 16.1. The van der Waals surface area contributed by atoms with E-state index in [-0.39, 0.29) is 22.8 Å². The summed E-state index contributed by atoms with van der Waals surface area (Å²) in [5.74, 6) is 0.306. The van der Waals surface area contributed by atoms with Gasteiger partial charge in [-0.3, -0.25) is 19.8 Å². The number of ether oxygens (including phenoxy) is 1. The number of fused-ring (bicyclic) bond motifs is 1. The summed E-state index contributed by atoms with van der Waals surface area (Å²) in [4.78, 5) is 25.9. The molecule has 1 N–H and O–H groups in total. The molecule has 1 fully saturated rings. The maximum absolute atomic E-state index is 12.2. The highest BCUT2D eigenvalue weighted by Gasteiger charge is 2.35. The lowest BCUT2D eigenvalue weighted by molar-refractivity contribution is -0.137. The average Bonchev–Trinajstić information content (AvgIpc) is 3.10. The van der Waals surface area contributed by atoms with Crippen molar-refractivity contribution in [3.05, 3.63) is 59.2 Å². The predicted molar refractivity (Wildman–Crippen MR) is 106 cm³/mol. The van der Waals surface area contributed by atoms with E-state index in [1.54, 1.807) is 24.3 Å². The Bertz CT molecular complexity index is 1060. The number of nitrogens with one attached hydrogen (secondary N) is 1. The van der Waals surface area contributed by atoms with Gasteiger partial charge in [0.25, 0.3) is 0 Å². The van der Waals surface area contributed by atoms with Crippen molar-refractivity contribution in [2.75, 3.05) is 6.26 Å². The lowest BCUT2D eigenvalue weighted by Crippen LogP contribution is -2.50. The van der Waals surface area contributed by atoms with E-state index in [2.05, 4.69) is 10.2 Å². The molecule has 0 aromatic heterocycles. The van der Waals surface area contributed by atoms with Gasteiger partial charge in [-0.15, -0.1) is 0 Å². The molecule has 2 aromatic rings. The number of nitrogens with zero attached hydrogens (tertiary/aromatic N) is 1. The molecule has 2 aliphatic rings. The fraction of sp³-hybridized carbons (Fsp3) is 0.333. The molecule has 2 aliphatic heterocycles. The van der Waals surface area contributed by atoms with Gasteiger partial charge >= 0.3 is 0 Å². The highest BCUT2D eigenvalue weighted by atomic mass is 32.2. The van der Waals surface area contributed by atoms with E-state index >= 15 is 0 Å². The van der Waals surface area contributed by atoms with Crippen LogP contribution in [0.1, 0.15) is 29.5 Å². The first-order chi connectivity index (χ1) is 13.8. The lowest BCUT2D eigenvalue weighted by atomic mass is 10.0. The van der Waals surface area contributed by atoms with E-state index in [1.807, 2.05) is 18.2 Å². The summed E-state index contributed by atoms with van der Waals surface area (Å²) in [6.07, 6.45) is 2.07. The Morgan fingerprint density at radius 2 is 1.86 bits per heavy atom. The van der Waals surface area contributed by atoms with Crippen molar-refractivity contribution in [3.63, 3.8) is 0 Å². The predicted octanol–water partition coefficient (Wildman–Crippen LogP) is 1.79. The number of hydrogen-bond acceptors (Lipinski definition) is 6. The second-order valence-corrected chi connectivity index (χ2v) is 9.49. The van der Waals surface area contributed by atoms with Gasteiger partial charge in [-0.2, -0.15) is 0 Å². The first-order valence-electron chi connectivity index (χ1n) is 9.41. The highest BCUT2D eigenvalue weighted by Crippen LogP contribution is 2.33. The van der Waals surface area contributed by atoms with Crippen molar-refractivity contribution in [3.8, 4) is 5.75 Å². The number of imide groups is 1. The molecule has 152 valence electrons. The molecule has 0 spiro atoms. The van der Waals surface area contributed by atoms with Crippen LogP contribution in [0.2, 0.25) is 0 Å². The van der Waals surface area contributed by atoms with Gasteiger partial charge in [0, 0.05) is 31.3 Å². The Morgan fingerprint density at radius 3 is 2.55 bits per heavy atom. The van der Waals surface area contributed by atoms with E-state index in [9.17, 15) is 18.0 Å². The van der Waals surface area contributed by atoms with Crippen molar-refractivity contribution in [1.82, 2.24) is 10.2 Å². The van der Waals surface area contributed by atoms with Crippen molar-refractivity contribution in [1.29, 1.82) is 0 Å². The third-order valence-corrected chi connectivity index (χ3v) is 6.49. The third kappa shape index (κ3) is 4.18. The van der Waals surface area contributed by atoms with Crippen molar-refractivity contribution < 1.29 is 22.7 Å². The zero-order valence-corrected chi connectivity index (χ0v) is 16.9. The van der Waals surface area contributed by atoms with Crippen LogP contribution in [0.15, 0.2) is 47.4 Å². The van der Waals surface area contributed by atoms with Crippen LogP contribution < -0.4 is 10.1 Å². The molecule has 2 amide bonds. The molecule has 7 nitrogen and oxygen atoms in total. The Hall–Kier alpha value is -2.71. The van der Waals surface area contributed by atoms with Crippen LogP contribution in [0.3, 0.4) is 0 Å². The van der Waals surface area contributed by atoms with Gasteiger partial charge in [-0.25, -0.2) is 8.42 Å². The van der Waals surface area contributed by atoms with Crippen molar-refractivity contribution >= 4 is 21.7 Å². The molecule has 0 aliphatic carbocycles. The van der Waals surface area contributed by atoms with Crippen LogP contribution in [-0.4, -0.2) is 37.4 Å². The summed E-state index contributed by atoms with van der Waals surface area (Å²) in [5.41, 5.74) is 3.03. The monoisotopic (exact) mass is 414 g/mol. The largest absolute Gasteiger partial charge is 0.489 e. The number of rotatable bonds is 5. The van der Waals surface area contributed by atoms with Gasteiger partial charge in [0.1, 0.15) is 12.4 Å². The summed E-state index contributed by atoms with van der Waals surface area (Å²) < 4.78 is 29.2. The molecule has 0 saturated carbocycles. The molecule has 1 saturated heterocycles. The molecule has 2 heterocycles. The summed E-state index contributed by atoms with van der Waals surface area (Å²) in [6, 6.07) is 12.2. The molecule has 2 aromatic carbocycles. The number of piperidine rings is 1. The van der Waals surface area contributed by atoms with Crippen molar-refractivity contribution in [2.45, 2.75) is 43.5 Å². The second kappa shape index (κ2) is 7.61. The molecule has 0 radical (unpaired) electrons. The summed E-state index contributed by atoms with van der Waals surface area (Å²) in [7, 11) is -3.22. The number of sulfone groups is 1. The first-order valence-corrected chi connectivity index (χ1v) is 11.3. The topological polar surface area (TPSA) is 92.8 Å². The summed E-state index contributed by atoms with van der Waals surface area (Å²) in [6.45, 7) is 1.55. The third-order valence-electron chi connectivity index (χ3n) is 5.36. The smallest absolute Gasteiger partial charge is 0.243 e. The molecule has 1 unspecified atom stereocenters. The van der Waals surface area contributed by atoms with Crippen LogP contribution in [0.4, 0.5) is 0 Å². The maximum atomic E-state index is 12.2. The number of benzene rings is 2. The number of carbonyl (C=O) groups excluding carboxylic acids is 2. The van der Waals surface area contributed by atoms with E-state index in [0.29, 0.717) is 32.5 Å². The minimum Gasteiger partial charge on any atom is -0.489 e. The van der Waals surface area contributed by atoms with Crippen LogP contribution in [0, 0.1) is 0 Å². The minimum atomic E-state index is -3.22. The molecule has 8 heteroatoms. The highest BCUT2D eigenvalue weighted by molar-refractivity contribution is 7.90. The van der Waals surface area contributed by atoms with Gasteiger partial charge in [0.15, 0.2) is 9.84 Å². The van der Waals surface area contributed by atoms with Crippen LogP contribution in [0.5, 0.6) is 5.75 Å². The Balaban J connectivity index is 1.45. The number of hydrogen-bond donors (Lipinski definition) is 1. The standard InChI is InChI=1S/C21H22N2O5S/c1-29(26,27)16-7-5-14(6-8-16)13-28-19-4-2-3-15-11-23(12-17(15)19)18-9-10-20(24)22-21(18)25/h2-8,18H,9-13H2,1H3,(H,22,24,25). The molecule has 29 heavy (non-hydrogen) atoms. The molecular formula is C21H22N2O5S. The second-order valence-electron chi connectivity index (χ2n) is 7.47. The quantitative estimate of drug-likeness (QED) is 0.750. The van der Waals surface area contributed by atoms with E-state index < -0.39 is 9.84 Å². The van der Waals surface area contributed by atoms with E-state index in [0.717, 1.165) is 22.4 Å². The first kappa shape index (κ1) is 19.6. The molecule has 4 rings (SSSR count). The van der Waals surface area contributed by atoms with Crippen LogP contribution >= 0.6 is 0 Å². The summed E-state index contributed by atoms with van der Waals surface area (Å²) in [5, 5.41) is 2.42. The fourth-order valence-corrected chi connectivity index (χ4v) is 4.43. The van der Waals surface area contributed by atoms with Crippen LogP contribution in [-0.2, 0) is 39.1 Å². The van der Waals surface area contributed by atoms with Gasteiger partial charge in [0.05, 0.1) is 10.9 Å². The normalized spacial score (nSPS) is 19.7. The lowest BCUT2D eigenvalue weighted by Gasteiger charge is -2.29. The molecule has 0 bridgehead atoms. The number of amides is 2. The van der Waals surface area contributed by atoms with Gasteiger partial charge in [0.2, 0.25) is 11.8 Å². The molecule has 1 atom stereocenters. The van der Waals surface area contributed by atoms with E-state index in [1.165, 1.54) is 6.26 Å². The SMILES string of the molecule is CS(=O)(=O)c1ccc(COc2cccc3c2CN(C2CCC(=O)NC2=O)C3)cc1. The molecular weight excluding hydrogens is 392 g/mol. The Labute approximate surface area is 169 Å². The summed E-state index contributed by atoms with van der Waals surface area (Å²) >= 11 is 0. The van der Waals surface area contributed by atoms with E-state index in [4.69, 9.17) is 4.74 Å².